The highest BCUT2D eigenvalue weighted by Crippen LogP contribution is 2.29. The predicted molar refractivity (Wildman–Crippen MR) is 56.8 cm³/mol. The van der Waals surface area contributed by atoms with Crippen LogP contribution in [0.3, 0.4) is 0 Å². The molecule has 78 valence electrons. The average molecular weight is 192 g/mol. The van der Waals surface area contributed by atoms with Crippen molar-refractivity contribution in [1.29, 1.82) is 5.26 Å². The molecule has 0 aromatic carbocycles. The minimum Gasteiger partial charge on any atom is -0.299 e. The Morgan fingerprint density at radius 3 is 2.36 bits per heavy atom. The Labute approximate surface area is 86.9 Å². The molecule has 1 heterocycles. The molecular weight excluding hydrogens is 172 g/mol. The molecule has 2 nitrogen and oxygen atoms in total. The van der Waals surface area contributed by atoms with E-state index in [9.17, 15) is 5.26 Å². The normalized spacial score (nSPS) is 35.1. The Hall–Kier alpha value is -0.550. The first-order valence-electron chi connectivity index (χ1n) is 6.05. The fraction of sp³-hybridized carbons (Fsp3) is 0.917. The average Bonchev–Trinajstić information content (AvgIpc) is 2.63. The molecule has 0 bridgehead atoms. The molecule has 2 unspecified atom stereocenters. The molecule has 0 N–H and O–H groups in total. The minimum atomic E-state index is 0.315. The number of nitrogens with zero attached hydrogens (tertiary/aromatic N) is 2. The van der Waals surface area contributed by atoms with Gasteiger partial charge >= 0.3 is 0 Å². The second-order valence-corrected chi connectivity index (χ2v) is 4.68. The first kappa shape index (κ1) is 9.98. The number of rotatable bonds is 1. The highest BCUT2D eigenvalue weighted by molar-refractivity contribution is 4.95. The van der Waals surface area contributed by atoms with Gasteiger partial charge in [0.25, 0.3) is 0 Å². The van der Waals surface area contributed by atoms with Crippen LogP contribution in [0.1, 0.15) is 44.9 Å². The van der Waals surface area contributed by atoms with Gasteiger partial charge in [-0.3, -0.25) is 4.90 Å². The molecule has 0 aromatic heterocycles. The monoisotopic (exact) mass is 192 g/mol. The van der Waals surface area contributed by atoms with Crippen molar-refractivity contribution in [3.05, 3.63) is 0 Å². The van der Waals surface area contributed by atoms with Crippen molar-refractivity contribution in [3.63, 3.8) is 0 Å². The molecule has 1 saturated carbocycles. The van der Waals surface area contributed by atoms with Gasteiger partial charge in [-0.2, -0.15) is 5.26 Å². The van der Waals surface area contributed by atoms with Gasteiger partial charge in [-0.15, -0.1) is 0 Å². The van der Waals surface area contributed by atoms with Crippen LogP contribution >= 0.6 is 0 Å². The number of hydrogen-bond acceptors (Lipinski definition) is 2. The van der Waals surface area contributed by atoms with Gasteiger partial charge in [-0.1, -0.05) is 19.3 Å². The third-order valence-corrected chi connectivity index (χ3v) is 3.75. The molecule has 2 heteroatoms. The Morgan fingerprint density at radius 2 is 1.64 bits per heavy atom. The maximum absolute atomic E-state index is 9.17. The highest BCUT2D eigenvalue weighted by atomic mass is 15.2. The Balaban J connectivity index is 2.00. The van der Waals surface area contributed by atoms with E-state index < -0.39 is 0 Å². The van der Waals surface area contributed by atoms with Crippen molar-refractivity contribution in [2.45, 2.75) is 51.0 Å². The second kappa shape index (κ2) is 4.79. The van der Waals surface area contributed by atoms with E-state index in [1.807, 2.05) is 0 Å². The summed E-state index contributed by atoms with van der Waals surface area (Å²) in [5.41, 5.74) is 0. The zero-order valence-electron chi connectivity index (χ0n) is 8.91. The lowest BCUT2D eigenvalue weighted by Gasteiger charge is -2.29. The van der Waals surface area contributed by atoms with E-state index in [0.717, 1.165) is 6.42 Å². The molecule has 2 aliphatic rings. The molecule has 1 aliphatic heterocycles. The van der Waals surface area contributed by atoms with Crippen LogP contribution in [0.15, 0.2) is 0 Å². The first-order chi connectivity index (χ1) is 6.92. The summed E-state index contributed by atoms with van der Waals surface area (Å²) >= 11 is 0. The smallest absolute Gasteiger partial charge is 0.0672 e. The predicted octanol–water partition coefficient (Wildman–Crippen LogP) is 2.55. The molecular formula is C12H20N2. The molecule has 2 fully saturated rings. The third kappa shape index (κ3) is 2.09. The standard InChI is InChI=1S/C12H20N2/c13-10-11-6-2-1-3-7-12(11)14-8-4-5-9-14/h11-12H,1-9H2. The van der Waals surface area contributed by atoms with Crippen LogP contribution in [0.5, 0.6) is 0 Å². The second-order valence-electron chi connectivity index (χ2n) is 4.68. The van der Waals surface area contributed by atoms with E-state index >= 15 is 0 Å². The maximum Gasteiger partial charge on any atom is 0.0672 e. The van der Waals surface area contributed by atoms with E-state index in [1.165, 1.54) is 51.6 Å². The summed E-state index contributed by atoms with van der Waals surface area (Å²) in [5.74, 6) is 0.315. The van der Waals surface area contributed by atoms with Crippen LogP contribution in [-0.4, -0.2) is 24.0 Å². The zero-order chi connectivity index (χ0) is 9.80. The SMILES string of the molecule is N#CC1CCCCCC1N1CCCC1. The highest BCUT2D eigenvalue weighted by Gasteiger charge is 2.30. The van der Waals surface area contributed by atoms with E-state index in [1.54, 1.807) is 0 Å². The van der Waals surface area contributed by atoms with Gasteiger partial charge < -0.3 is 0 Å². The molecule has 2 rings (SSSR count). The molecule has 0 spiro atoms. The van der Waals surface area contributed by atoms with Crippen LogP contribution in [0.25, 0.3) is 0 Å². The summed E-state index contributed by atoms with van der Waals surface area (Å²) in [6.07, 6.45) is 9.02. The Morgan fingerprint density at radius 1 is 0.929 bits per heavy atom. The largest absolute Gasteiger partial charge is 0.299 e. The van der Waals surface area contributed by atoms with Gasteiger partial charge in [0.15, 0.2) is 0 Å². The molecule has 0 radical (unpaired) electrons. The van der Waals surface area contributed by atoms with Crippen LogP contribution in [0, 0.1) is 17.2 Å². The third-order valence-electron chi connectivity index (χ3n) is 3.75. The summed E-state index contributed by atoms with van der Waals surface area (Å²) in [7, 11) is 0. The van der Waals surface area contributed by atoms with E-state index in [4.69, 9.17) is 0 Å². The van der Waals surface area contributed by atoms with Crippen molar-refractivity contribution in [3.8, 4) is 6.07 Å². The number of hydrogen-bond donors (Lipinski definition) is 0. The summed E-state index contributed by atoms with van der Waals surface area (Å²) in [4.78, 5) is 2.57. The number of nitriles is 1. The van der Waals surface area contributed by atoms with E-state index in [0.29, 0.717) is 12.0 Å². The fourth-order valence-electron chi connectivity index (χ4n) is 2.95. The quantitative estimate of drug-likeness (QED) is 0.597. The first-order valence-corrected chi connectivity index (χ1v) is 6.05. The number of likely N-dealkylation sites (tertiary alicyclic amines) is 1. The van der Waals surface area contributed by atoms with Crippen molar-refractivity contribution >= 4 is 0 Å². The van der Waals surface area contributed by atoms with Crippen LogP contribution < -0.4 is 0 Å². The maximum atomic E-state index is 9.17. The van der Waals surface area contributed by atoms with Gasteiger partial charge in [0.05, 0.1) is 12.0 Å². The van der Waals surface area contributed by atoms with Gasteiger partial charge in [-0.25, -0.2) is 0 Å². The Kier molecular flexibility index (Phi) is 3.42. The van der Waals surface area contributed by atoms with Crippen LogP contribution in [-0.2, 0) is 0 Å². The molecule has 0 aromatic rings. The Bertz CT molecular complexity index is 213. The molecule has 14 heavy (non-hydrogen) atoms. The molecule has 0 amide bonds. The lowest BCUT2D eigenvalue weighted by Crippen LogP contribution is -2.37. The summed E-state index contributed by atoms with van der Waals surface area (Å²) in [6, 6.07) is 3.12. The summed E-state index contributed by atoms with van der Waals surface area (Å²) in [6.45, 7) is 2.48. The van der Waals surface area contributed by atoms with Gasteiger partial charge in [0.2, 0.25) is 0 Å². The van der Waals surface area contributed by atoms with Crippen molar-refractivity contribution in [1.82, 2.24) is 4.90 Å². The van der Waals surface area contributed by atoms with E-state index in [2.05, 4.69) is 11.0 Å². The summed E-state index contributed by atoms with van der Waals surface area (Å²) in [5, 5.41) is 9.17. The molecule has 1 saturated heterocycles. The molecule has 1 aliphatic carbocycles. The van der Waals surface area contributed by atoms with Gasteiger partial charge in [0.1, 0.15) is 0 Å². The lowest BCUT2D eigenvalue weighted by atomic mass is 9.95. The van der Waals surface area contributed by atoms with Crippen molar-refractivity contribution in [2.24, 2.45) is 5.92 Å². The van der Waals surface area contributed by atoms with Crippen molar-refractivity contribution < 1.29 is 0 Å². The molecule has 2 atom stereocenters. The van der Waals surface area contributed by atoms with Crippen molar-refractivity contribution in [2.75, 3.05) is 13.1 Å². The van der Waals surface area contributed by atoms with Crippen LogP contribution in [0.4, 0.5) is 0 Å². The minimum absolute atomic E-state index is 0.315. The fourth-order valence-corrected chi connectivity index (χ4v) is 2.95. The van der Waals surface area contributed by atoms with E-state index in [-0.39, 0.29) is 0 Å². The lowest BCUT2D eigenvalue weighted by molar-refractivity contribution is 0.190. The summed E-state index contributed by atoms with van der Waals surface area (Å²) < 4.78 is 0. The van der Waals surface area contributed by atoms with Gasteiger partial charge in [-0.05, 0) is 38.8 Å². The zero-order valence-corrected chi connectivity index (χ0v) is 8.91. The van der Waals surface area contributed by atoms with Crippen LogP contribution in [0.2, 0.25) is 0 Å². The topological polar surface area (TPSA) is 27.0 Å². The van der Waals surface area contributed by atoms with Gasteiger partial charge in [0, 0.05) is 6.04 Å².